The van der Waals surface area contributed by atoms with Gasteiger partial charge in [-0.2, -0.15) is 0 Å². The molecule has 0 fully saturated rings. The first-order valence-electron chi connectivity index (χ1n) is 10.1. The molecule has 0 spiro atoms. The quantitative estimate of drug-likeness (QED) is 0.253. The predicted molar refractivity (Wildman–Crippen MR) is 134 cm³/mol. The number of amides is 1. The van der Waals surface area contributed by atoms with Crippen molar-refractivity contribution in [3.63, 3.8) is 0 Å². The lowest BCUT2D eigenvalue weighted by molar-refractivity contribution is -0.121. The van der Waals surface area contributed by atoms with E-state index in [0.29, 0.717) is 19.5 Å². The number of benzene rings is 2. The molecule has 3 N–H and O–H groups in total. The van der Waals surface area contributed by atoms with Crippen LogP contribution in [0, 0.1) is 6.92 Å². The fourth-order valence-electron chi connectivity index (χ4n) is 2.91. The number of guanidine groups is 1. The van der Waals surface area contributed by atoms with Crippen molar-refractivity contribution in [3.8, 4) is 5.75 Å². The summed E-state index contributed by atoms with van der Waals surface area (Å²) in [7, 11) is 1.69. The van der Waals surface area contributed by atoms with E-state index in [1.165, 1.54) is 5.56 Å². The highest BCUT2D eigenvalue weighted by molar-refractivity contribution is 14.0. The average molecular weight is 524 g/mol. The Hall–Kier alpha value is -2.29. The molecule has 30 heavy (non-hydrogen) atoms. The Morgan fingerprint density at radius 2 is 1.83 bits per heavy atom. The molecule has 0 heterocycles. The summed E-state index contributed by atoms with van der Waals surface area (Å²) < 4.78 is 5.43. The zero-order valence-corrected chi connectivity index (χ0v) is 20.4. The molecule has 0 radical (unpaired) electrons. The number of nitrogens with one attached hydrogen (secondary N) is 3. The van der Waals surface area contributed by atoms with E-state index in [4.69, 9.17) is 4.74 Å². The van der Waals surface area contributed by atoms with Crippen molar-refractivity contribution < 1.29 is 9.53 Å². The number of rotatable bonds is 10. The molecule has 0 aliphatic carbocycles. The van der Waals surface area contributed by atoms with Gasteiger partial charge in [-0.25, -0.2) is 0 Å². The molecule has 6 nitrogen and oxygen atoms in total. The van der Waals surface area contributed by atoms with E-state index >= 15 is 0 Å². The number of halogens is 1. The first-order valence-corrected chi connectivity index (χ1v) is 10.1. The van der Waals surface area contributed by atoms with Crippen LogP contribution in [0.2, 0.25) is 0 Å². The second-order valence-electron chi connectivity index (χ2n) is 6.77. The molecule has 0 unspecified atom stereocenters. The van der Waals surface area contributed by atoms with Crippen molar-refractivity contribution in [2.75, 3.05) is 26.7 Å². The molecule has 2 aromatic carbocycles. The van der Waals surface area contributed by atoms with E-state index in [-0.39, 0.29) is 29.9 Å². The van der Waals surface area contributed by atoms with Gasteiger partial charge < -0.3 is 20.7 Å². The maximum absolute atomic E-state index is 12.0. The largest absolute Gasteiger partial charge is 0.496 e. The van der Waals surface area contributed by atoms with E-state index in [2.05, 4.69) is 33.9 Å². The van der Waals surface area contributed by atoms with Crippen molar-refractivity contribution in [1.29, 1.82) is 0 Å². The highest BCUT2D eigenvalue weighted by Gasteiger charge is 2.05. The van der Waals surface area contributed by atoms with Crippen LogP contribution >= 0.6 is 24.0 Å². The monoisotopic (exact) mass is 524 g/mol. The van der Waals surface area contributed by atoms with Gasteiger partial charge in [-0.3, -0.25) is 9.79 Å². The van der Waals surface area contributed by atoms with Gasteiger partial charge in [0.25, 0.3) is 0 Å². The lowest BCUT2D eigenvalue weighted by Gasteiger charge is -2.13. The summed E-state index contributed by atoms with van der Waals surface area (Å²) in [4.78, 5) is 16.5. The standard InChI is InChI=1S/C23H32N4O2.HI/c1-4-24-23(25-14-12-20-16-18(2)10-11-21(20)29-3)26-15-13-22(28)27-17-19-8-6-5-7-9-19;/h5-11,16H,4,12-15,17H2,1-3H3,(H,27,28)(H2,24,25,26);1H. The normalized spacial score (nSPS) is 10.7. The number of nitrogens with zero attached hydrogens (tertiary/aromatic N) is 1. The van der Waals surface area contributed by atoms with Gasteiger partial charge in [-0.15, -0.1) is 24.0 Å². The third-order valence-electron chi connectivity index (χ3n) is 4.41. The Morgan fingerprint density at radius 3 is 2.53 bits per heavy atom. The number of aryl methyl sites for hydroxylation is 1. The molecule has 0 aliphatic rings. The van der Waals surface area contributed by atoms with Crippen LogP contribution in [0.3, 0.4) is 0 Å². The Labute approximate surface area is 196 Å². The third-order valence-corrected chi connectivity index (χ3v) is 4.41. The first-order chi connectivity index (χ1) is 14.1. The smallest absolute Gasteiger partial charge is 0.222 e. The number of carbonyl (C=O) groups excluding carboxylic acids is 1. The van der Waals surface area contributed by atoms with E-state index in [0.717, 1.165) is 42.3 Å². The Bertz CT molecular complexity index is 797. The zero-order valence-electron chi connectivity index (χ0n) is 18.0. The van der Waals surface area contributed by atoms with Crippen molar-refractivity contribution in [3.05, 3.63) is 65.2 Å². The van der Waals surface area contributed by atoms with Crippen molar-refractivity contribution in [2.45, 2.75) is 33.2 Å². The van der Waals surface area contributed by atoms with Crippen LogP contribution in [0.5, 0.6) is 5.75 Å². The van der Waals surface area contributed by atoms with Crippen LogP contribution < -0.4 is 20.7 Å². The zero-order chi connectivity index (χ0) is 20.9. The molecule has 1 amide bonds. The van der Waals surface area contributed by atoms with Gasteiger partial charge >= 0.3 is 0 Å². The average Bonchev–Trinajstić information content (AvgIpc) is 2.73. The molecular formula is C23H33IN4O2. The third kappa shape index (κ3) is 9.47. The van der Waals surface area contributed by atoms with Gasteiger partial charge in [0, 0.05) is 26.1 Å². The lowest BCUT2D eigenvalue weighted by atomic mass is 10.1. The Morgan fingerprint density at radius 1 is 1.07 bits per heavy atom. The maximum atomic E-state index is 12.0. The number of aliphatic imine (C=N–C) groups is 1. The molecule has 0 saturated heterocycles. The van der Waals surface area contributed by atoms with Crippen LogP contribution in [0.1, 0.15) is 30.0 Å². The molecule has 0 atom stereocenters. The van der Waals surface area contributed by atoms with Crippen LogP contribution in [0.25, 0.3) is 0 Å². The number of hydrogen-bond donors (Lipinski definition) is 3. The number of hydrogen-bond acceptors (Lipinski definition) is 3. The summed E-state index contributed by atoms with van der Waals surface area (Å²) >= 11 is 0. The lowest BCUT2D eigenvalue weighted by Crippen LogP contribution is -2.38. The van der Waals surface area contributed by atoms with Gasteiger partial charge in [-0.1, -0.05) is 48.0 Å². The molecule has 0 aromatic heterocycles. The minimum absolute atomic E-state index is 0. The molecule has 0 aliphatic heterocycles. The van der Waals surface area contributed by atoms with Crippen molar-refractivity contribution in [2.24, 2.45) is 4.99 Å². The topological polar surface area (TPSA) is 74.8 Å². The fourth-order valence-corrected chi connectivity index (χ4v) is 2.91. The molecule has 2 aromatic rings. The SMILES string of the molecule is CCNC(=NCCC(=O)NCc1ccccc1)NCCc1cc(C)ccc1OC.I. The van der Waals surface area contributed by atoms with E-state index in [1.54, 1.807) is 7.11 Å². The van der Waals surface area contributed by atoms with Gasteiger partial charge in [0.1, 0.15) is 5.75 Å². The molecule has 0 bridgehead atoms. The summed E-state index contributed by atoms with van der Waals surface area (Å²) in [5.74, 6) is 1.61. The number of methoxy groups -OCH3 is 1. The molecule has 7 heteroatoms. The summed E-state index contributed by atoms with van der Waals surface area (Å²) in [5, 5.41) is 9.46. The molecule has 0 saturated carbocycles. The number of ether oxygens (including phenoxy) is 1. The van der Waals surface area contributed by atoms with Crippen LogP contribution in [-0.2, 0) is 17.8 Å². The van der Waals surface area contributed by atoms with Crippen LogP contribution in [0.4, 0.5) is 0 Å². The predicted octanol–water partition coefficient (Wildman–Crippen LogP) is 3.43. The summed E-state index contributed by atoms with van der Waals surface area (Å²) in [5.41, 5.74) is 3.46. The molecule has 2 rings (SSSR count). The van der Waals surface area contributed by atoms with Gasteiger partial charge in [-0.05, 0) is 37.5 Å². The second-order valence-corrected chi connectivity index (χ2v) is 6.77. The number of carbonyl (C=O) groups is 1. The van der Waals surface area contributed by atoms with E-state index < -0.39 is 0 Å². The Balaban J connectivity index is 0.00000450. The minimum Gasteiger partial charge on any atom is -0.496 e. The minimum atomic E-state index is -0.00190. The highest BCUT2D eigenvalue weighted by Crippen LogP contribution is 2.19. The summed E-state index contributed by atoms with van der Waals surface area (Å²) in [6.45, 7) is 6.56. The van der Waals surface area contributed by atoms with Gasteiger partial charge in [0.15, 0.2) is 5.96 Å². The molecule has 164 valence electrons. The van der Waals surface area contributed by atoms with E-state index in [1.807, 2.05) is 49.4 Å². The van der Waals surface area contributed by atoms with Crippen LogP contribution in [0.15, 0.2) is 53.5 Å². The van der Waals surface area contributed by atoms with Crippen LogP contribution in [-0.4, -0.2) is 38.6 Å². The fraction of sp³-hybridized carbons (Fsp3) is 0.391. The van der Waals surface area contributed by atoms with E-state index in [9.17, 15) is 4.79 Å². The summed E-state index contributed by atoms with van der Waals surface area (Å²) in [6, 6.07) is 16.1. The highest BCUT2D eigenvalue weighted by atomic mass is 127. The van der Waals surface area contributed by atoms with Gasteiger partial charge in [0.05, 0.1) is 13.7 Å². The van der Waals surface area contributed by atoms with Crippen molar-refractivity contribution >= 4 is 35.8 Å². The second kappa shape index (κ2) is 14.7. The summed E-state index contributed by atoms with van der Waals surface area (Å²) in [6.07, 6.45) is 1.18. The first kappa shape index (κ1) is 25.7. The van der Waals surface area contributed by atoms with Gasteiger partial charge in [0.2, 0.25) is 5.91 Å². The van der Waals surface area contributed by atoms with Crippen molar-refractivity contribution in [1.82, 2.24) is 16.0 Å². The molecular weight excluding hydrogens is 491 g/mol. The Kier molecular flexibility index (Phi) is 12.6. The maximum Gasteiger partial charge on any atom is 0.222 e.